The minimum Gasteiger partial charge on any atom is -0.357 e. The monoisotopic (exact) mass is 369 g/mol. The third kappa shape index (κ3) is 5.13. The summed E-state index contributed by atoms with van der Waals surface area (Å²) in [7, 11) is 0. The molecule has 6 heteroatoms. The Morgan fingerprint density at radius 3 is 2.46 bits per heavy atom. The molecule has 0 aliphatic carbocycles. The van der Waals surface area contributed by atoms with Gasteiger partial charge >= 0.3 is 0 Å². The molecule has 3 aromatic rings. The average molecular weight is 369 g/mol. The molecule has 0 fully saturated rings. The van der Waals surface area contributed by atoms with Crippen molar-refractivity contribution in [2.45, 2.75) is 19.9 Å². The zero-order valence-corrected chi connectivity index (χ0v) is 15.3. The topological polar surface area (TPSA) is 54.0 Å². The van der Waals surface area contributed by atoms with Crippen LogP contribution >= 0.6 is 11.3 Å². The molecule has 0 saturated carbocycles. The number of nitrogens with one attached hydrogen (secondary N) is 2. The summed E-state index contributed by atoms with van der Waals surface area (Å²) >= 11 is 1.54. The fraction of sp³-hybridized carbons (Fsp3) is 0.200. The Bertz CT molecular complexity index is 860. The normalized spacial score (nSPS) is 10.5. The van der Waals surface area contributed by atoms with Crippen molar-refractivity contribution in [3.63, 3.8) is 0 Å². The number of anilines is 1. The van der Waals surface area contributed by atoms with E-state index in [1.54, 1.807) is 23.5 Å². The molecule has 3 rings (SSSR count). The lowest BCUT2D eigenvalue weighted by molar-refractivity contribution is -0.118. The zero-order valence-electron chi connectivity index (χ0n) is 14.5. The van der Waals surface area contributed by atoms with Crippen LogP contribution in [0.25, 0.3) is 11.3 Å². The van der Waals surface area contributed by atoms with Gasteiger partial charge in [0.1, 0.15) is 5.82 Å². The highest BCUT2D eigenvalue weighted by molar-refractivity contribution is 7.14. The predicted molar refractivity (Wildman–Crippen MR) is 104 cm³/mol. The number of halogens is 1. The van der Waals surface area contributed by atoms with Gasteiger partial charge in [-0.05, 0) is 29.7 Å². The zero-order chi connectivity index (χ0) is 18.4. The van der Waals surface area contributed by atoms with E-state index in [-0.39, 0.29) is 11.7 Å². The second kappa shape index (κ2) is 8.58. The van der Waals surface area contributed by atoms with Gasteiger partial charge in [-0.2, -0.15) is 0 Å². The van der Waals surface area contributed by atoms with E-state index in [1.807, 2.05) is 17.5 Å². The van der Waals surface area contributed by atoms with Crippen LogP contribution in [0.2, 0.25) is 0 Å². The number of carbonyl (C=O) groups excluding carboxylic acids is 1. The van der Waals surface area contributed by atoms with Crippen molar-refractivity contribution in [3.05, 3.63) is 70.9 Å². The SMILES string of the molecule is CC(=O)NCCc1ccc(-c2csc(NCc3ccc(F)cc3)n2)cc1. The van der Waals surface area contributed by atoms with Gasteiger partial charge in [0, 0.05) is 31.0 Å². The van der Waals surface area contributed by atoms with Gasteiger partial charge < -0.3 is 10.6 Å². The molecule has 134 valence electrons. The van der Waals surface area contributed by atoms with E-state index in [4.69, 9.17) is 0 Å². The summed E-state index contributed by atoms with van der Waals surface area (Å²) in [5.74, 6) is -0.240. The van der Waals surface area contributed by atoms with Gasteiger partial charge in [0.2, 0.25) is 5.91 Å². The van der Waals surface area contributed by atoms with E-state index in [9.17, 15) is 9.18 Å². The third-order valence-corrected chi connectivity index (χ3v) is 4.70. The molecule has 1 heterocycles. The molecule has 1 amide bonds. The van der Waals surface area contributed by atoms with E-state index in [2.05, 4.69) is 27.8 Å². The van der Waals surface area contributed by atoms with Crippen LogP contribution in [0, 0.1) is 5.82 Å². The number of hydrogen-bond acceptors (Lipinski definition) is 4. The first-order valence-corrected chi connectivity index (χ1v) is 9.26. The Labute approximate surface area is 156 Å². The van der Waals surface area contributed by atoms with E-state index < -0.39 is 0 Å². The summed E-state index contributed by atoms with van der Waals surface area (Å²) in [6, 6.07) is 14.6. The average Bonchev–Trinajstić information content (AvgIpc) is 3.11. The highest BCUT2D eigenvalue weighted by atomic mass is 32.1. The summed E-state index contributed by atoms with van der Waals surface area (Å²) in [6.07, 6.45) is 0.807. The molecule has 0 spiro atoms. The van der Waals surface area contributed by atoms with Gasteiger partial charge in [-0.3, -0.25) is 4.79 Å². The number of hydrogen-bond donors (Lipinski definition) is 2. The first-order chi connectivity index (χ1) is 12.6. The first-order valence-electron chi connectivity index (χ1n) is 8.38. The molecule has 0 bridgehead atoms. The molecule has 0 aliphatic rings. The number of carbonyl (C=O) groups is 1. The number of thiazole rings is 1. The molecule has 26 heavy (non-hydrogen) atoms. The van der Waals surface area contributed by atoms with Crippen molar-refractivity contribution in [2.24, 2.45) is 0 Å². The van der Waals surface area contributed by atoms with Crippen LogP contribution in [-0.2, 0) is 17.8 Å². The highest BCUT2D eigenvalue weighted by Gasteiger charge is 2.05. The Hall–Kier alpha value is -2.73. The minimum atomic E-state index is -0.231. The van der Waals surface area contributed by atoms with E-state index >= 15 is 0 Å². The smallest absolute Gasteiger partial charge is 0.216 e. The van der Waals surface area contributed by atoms with Gasteiger partial charge in [-0.1, -0.05) is 36.4 Å². The first kappa shape index (κ1) is 18.1. The fourth-order valence-electron chi connectivity index (χ4n) is 2.49. The molecule has 2 aromatic carbocycles. The van der Waals surface area contributed by atoms with Crippen molar-refractivity contribution >= 4 is 22.4 Å². The highest BCUT2D eigenvalue weighted by Crippen LogP contribution is 2.25. The standard InChI is InChI=1S/C20H20FN3OS/c1-14(25)22-11-10-15-2-6-17(7-3-15)19-13-26-20(24-19)23-12-16-4-8-18(21)9-5-16/h2-9,13H,10-12H2,1H3,(H,22,25)(H,23,24). The molecule has 0 atom stereocenters. The second-order valence-electron chi connectivity index (χ2n) is 5.95. The van der Waals surface area contributed by atoms with Crippen LogP contribution in [0.5, 0.6) is 0 Å². The number of rotatable bonds is 7. The van der Waals surface area contributed by atoms with Crippen molar-refractivity contribution in [1.29, 1.82) is 0 Å². The molecular weight excluding hydrogens is 349 g/mol. The summed E-state index contributed by atoms with van der Waals surface area (Å²) in [5, 5.41) is 8.91. The Morgan fingerprint density at radius 2 is 1.77 bits per heavy atom. The molecule has 0 radical (unpaired) electrons. The second-order valence-corrected chi connectivity index (χ2v) is 6.81. The Balaban J connectivity index is 1.56. The number of aromatic nitrogens is 1. The quantitative estimate of drug-likeness (QED) is 0.655. The van der Waals surface area contributed by atoms with Gasteiger partial charge in [-0.25, -0.2) is 9.37 Å². The molecule has 4 nitrogen and oxygen atoms in total. The molecule has 0 saturated heterocycles. The minimum absolute atomic E-state index is 0.00948. The van der Waals surface area contributed by atoms with Gasteiger partial charge in [0.05, 0.1) is 5.69 Å². The van der Waals surface area contributed by atoms with Gasteiger partial charge in [0.25, 0.3) is 0 Å². The van der Waals surface area contributed by atoms with Crippen LogP contribution in [0.4, 0.5) is 9.52 Å². The summed E-state index contributed by atoms with van der Waals surface area (Å²) in [4.78, 5) is 15.5. The fourth-order valence-corrected chi connectivity index (χ4v) is 3.21. The van der Waals surface area contributed by atoms with E-state index in [1.165, 1.54) is 24.6 Å². The number of benzene rings is 2. The molecule has 0 unspecified atom stereocenters. The summed E-state index contributed by atoms with van der Waals surface area (Å²) in [5.41, 5.74) is 4.16. The maximum atomic E-state index is 12.9. The molecule has 0 aliphatic heterocycles. The lowest BCUT2D eigenvalue weighted by atomic mass is 10.1. The van der Waals surface area contributed by atoms with Gasteiger partial charge in [0.15, 0.2) is 5.13 Å². The number of nitrogens with zero attached hydrogens (tertiary/aromatic N) is 1. The summed E-state index contributed by atoms with van der Waals surface area (Å²) < 4.78 is 12.9. The third-order valence-electron chi connectivity index (χ3n) is 3.90. The van der Waals surface area contributed by atoms with E-state index in [0.717, 1.165) is 28.4 Å². The lowest BCUT2D eigenvalue weighted by Crippen LogP contribution is -2.22. The predicted octanol–water partition coefficient (Wildman–Crippen LogP) is 4.24. The lowest BCUT2D eigenvalue weighted by Gasteiger charge is -2.04. The molecular formula is C20H20FN3OS. The molecule has 1 aromatic heterocycles. The Morgan fingerprint density at radius 1 is 1.08 bits per heavy atom. The molecule has 2 N–H and O–H groups in total. The van der Waals surface area contributed by atoms with Gasteiger partial charge in [-0.15, -0.1) is 11.3 Å². The largest absolute Gasteiger partial charge is 0.357 e. The van der Waals surface area contributed by atoms with Crippen LogP contribution in [0.15, 0.2) is 53.9 Å². The maximum Gasteiger partial charge on any atom is 0.216 e. The van der Waals surface area contributed by atoms with Crippen molar-refractivity contribution in [3.8, 4) is 11.3 Å². The van der Waals surface area contributed by atoms with Crippen molar-refractivity contribution in [1.82, 2.24) is 10.3 Å². The van der Waals surface area contributed by atoms with Crippen molar-refractivity contribution in [2.75, 3.05) is 11.9 Å². The summed E-state index contributed by atoms with van der Waals surface area (Å²) in [6.45, 7) is 2.77. The number of amides is 1. The van der Waals surface area contributed by atoms with Crippen LogP contribution < -0.4 is 10.6 Å². The van der Waals surface area contributed by atoms with Crippen molar-refractivity contribution < 1.29 is 9.18 Å². The van der Waals surface area contributed by atoms with E-state index in [0.29, 0.717) is 13.1 Å². The maximum absolute atomic E-state index is 12.9. The van der Waals surface area contributed by atoms with Crippen LogP contribution in [0.3, 0.4) is 0 Å². The Kier molecular flexibility index (Phi) is 5.96. The van der Waals surface area contributed by atoms with Crippen LogP contribution in [-0.4, -0.2) is 17.4 Å². The van der Waals surface area contributed by atoms with Crippen LogP contribution in [0.1, 0.15) is 18.1 Å².